The Morgan fingerprint density at radius 3 is 2.93 bits per heavy atom. The van der Waals surface area contributed by atoms with Crippen LogP contribution in [0.5, 0.6) is 11.5 Å². The number of carbonyl (C=O) groups is 1. The molecule has 0 radical (unpaired) electrons. The molecule has 0 spiro atoms. The van der Waals surface area contributed by atoms with Crippen molar-refractivity contribution >= 4 is 11.6 Å². The molecule has 2 aromatic heterocycles. The molecule has 0 fully saturated rings. The number of aryl methyl sites for hydroxylation is 1. The van der Waals surface area contributed by atoms with Gasteiger partial charge in [0.25, 0.3) is 5.56 Å². The summed E-state index contributed by atoms with van der Waals surface area (Å²) in [7, 11) is 0. The molecular weight excluding hydrogens is 372 g/mol. The van der Waals surface area contributed by atoms with Crippen LogP contribution in [0, 0.1) is 6.92 Å². The third-order valence-electron chi connectivity index (χ3n) is 4.72. The van der Waals surface area contributed by atoms with Gasteiger partial charge < -0.3 is 14.2 Å². The quantitative estimate of drug-likeness (QED) is 0.619. The summed E-state index contributed by atoms with van der Waals surface area (Å²) in [5, 5.41) is 0. The van der Waals surface area contributed by atoms with Crippen LogP contribution in [0.25, 0.3) is 5.65 Å². The van der Waals surface area contributed by atoms with Gasteiger partial charge in [-0.15, -0.1) is 0 Å². The molecule has 0 saturated carbocycles. The first-order valence-corrected chi connectivity index (χ1v) is 9.40. The lowest BCUT2D eigenvalue weighted by Crippen LogP contribution is -2.25. The van der Waals surface area contributed by atoms with Gasteiger partial charge in [-0.1, -0.05) is 18.2 Å². The van der Waals surface area contributed by atoms with E-state index in [9.17, 15) is 9.59 Å². The average molecular weight is 394 g/mol. The molecule has 1 aliphatic rings. The number of aromatic nitrogens is 2. The summed E-state index contributed by atoms with van der Waals surface area (Å²) in [4.78, 5) is 28.8. The Bertz CT molecular complexity index is 1150. The monoisotopic (exact) mass is 394 g/mol. The Morgan fingerprint density at radius 2 is 2.10 bits per heavy atom. The maximum atomic E-state index is 12.2. The zero-order valence-electron chi connectivity index (χ0n) is 16.6. The number of nitrogens with zero attached hydrogens (tertiary/aromatic N) is 2. The van der Waals surface area contributed by atoms with Crippen molar-refractivity contribution in [1.29, 1.82) is 0 Å². The molecular formula is C22H22N2O5. The smallest absolute Gasteiger partial charge is 0.344 e. The van der Waals surface area contributed by atoms with E-state index in [1.54, 1.807) is 18.3 Å². The molecule has 0 bridgehead atoms. The van der Waals surface area contributed by atoms with Gasteiger partial charge in [-0.25, -0.2) is 9.78 Å². The second-order valence-electron chi connectivity index (χ2n) is 7.70. The van der Waals surface area contributed by atoms with Crippen molar-refractivity contribution in [2.24, 2.45) is 0 Å². The van der Waals surface area contributed by atoms with Crippen molar-refractivity contribution < 1.29 is 19.0 Å². The van der Waals surface area contributed by atoms with E-state index < -0.39 is 5.97 Å². The maximum Gasteiger partial charge on any atom is 0.344 e. The lowest BCUT2D eigenvalue weighted by atomic mass is 10.0. The molecule has 0 atom stereocenters. The van der Waals surface area contributed by atoms with Gasteiger partial charge in [0.05, 0.1) is 5.69 Å². The normalized spacial score (nSPS) is 14.3. The first-order chi connectivity index (χ1) is 13.8. The van der Waals surface area contributed by atoms with Gasteiger partial charge in [-0.2, -0.15) is 0 Å². The number of ether oxygens (including phenoxy) is 3. The number of pyridine rings is 1. The molecule has 4 rings (SSSR count). The lowest BCUT2D eigenvalue weighted by molar-refractivity contribution is -0.147. The zero-order valence-corrected chi connectivity index (χ0v) is 16.6. The molecule has 0 amide bonds. The van der Waals surface area contributed by atoms with E-state index in [0.29, 0.717) is 22.8 Å². The number of hydrogen-bond donors (Lipinski definition) is 0. The Balaban J connectivity index is 1.40. The van der Waals surface area contributed by atoms with E-state index in [-0.39, 0.29) is 24.4 Å². The fraction of sp³-hybridized carbons (Fsp3) is 0.318. The second-order valence-corrected chi connectivity index (χ2v) is 7.70. The summed E-state index contributed by atoms with van der Waals surface area (Å²) in [6, 6.07) is 10.6. The first kappa shape index (κ1) is 19.0. The second kappa shape index (κ2) is 7.24. The number of esters is 1. The van der Waals surface area contributed by atoms with Crippen LogP contribution in [0.4, 0.5) is 0 Å². The van der Waals surface area contributed by atoms with Gasteiger partial charge in [-0.3, -0.25) is 9.20 Å². The molecule has 7 heteroatoms. The number of rotatable bonds is 5. The molecule has 0 saturated heterocycles. The van der Waals surface area contributed by atoms with Crippen LogP contribution in [0.15, 0.2) is 47.4 Å². The van der Waals surface area contributed by atoms with E-state index in [2.05, 4.69) is 4.98 Å². The minimum Gasteiger partial charge on any atom is -0.483 e. The molecule has 3 aromatic rings. The number of hydrogen-bond acceptors (Lipinski definition) is 6. The summed E-state index contributed by atoms with van der Waals surface area (Å²) < 4.78 is 18.2. The van der Waals surface area contributed by atoms with Gasteiger partial charge in [0.2, 0.25) is 0 Å². The highest BCUT2D eigenvalue weighted by molar-refractivity contribution is 5.71. The van der Waals surface area contributed by atoms with E-state index >= 15 is 0 Å². The third-order valence-corrected chi connectivity index (χ3v) is 4.72. The Hall–Kier alpha value is -3.35. The lowest BCUT2D eigenvalue weighted by Gasteiger charge is -2.18. The van der Waals surface area contributed by atoms with E-state index in [0.717, 1.165) is 17.5 Å². The van der Waals surface area contributed by atoms with Crippen LogP contribution in [0.3, 0.4) is 0 Å². The fourth-order valence-corrected chi connectivity index (χ4v) is 3.42. The summed E-state index contributed by atoms with van der Waals surface area (Å²) in [5.74, 6) is 0.638. The first-order valence-electron chi connectivity index (χ1n) is 9.40. The highest BCUT2D eigenvalue weighted by Gasteiger charge is 2.32. The molecule has 150 valence electrons. The molecule has 0 unspecified atom stereocenters. The topological polar surface area (TPSA) is 79.1 Å². The largest absolute Gasteiger partial charge is 0.483 e. The van der Waals surface area contributed by atoms with Crippen molar-refractivity contribution in [3.63, 3.8) is 0 Å². The molecule has 29 heavy (non-hydrogen) atoms. The molecule has 7 nitrogen and oxygen atoms in total. The summed E-state index contributed by atoms with van der Waals surface area (Å²) in [5.41, 5.74) is 2.33. The predicted molar refractivity (Wildman–Crippen MR) is 106 cm³/mol. The minimum absolute atomic E-state index is 0.0985. The van der Waals surface area contributed by atoms with E-state index in [4.69, 9.17) is 14.2 Å². The predicted octanol–water partition coefficient (Wildman–Crippen LogP) is 2.84. The van der Waals surface area contributed by atoms with Crippen molar-refractivity contribution in [1.82, 2.24) is 9.38 Å². The highest BCUT2D eigenvalue weighted by atomic mass is 16.6. The van der Waals surface area contributed by atoms with Crippen LogP contribution in [-0.4, -0.2) is 27.6 Å². The summed E-state index contributed by atoms with van der Waals surface area (Å²) >= 11 is 0. The zero-order chi connectivity index (χ0) is 20.6. The number of fused-ring (bicyclic) bond motifs is 2. The van der Waals surface area contributed by atoms with Crippen molar-refractivity contribution in [2.75, 3.05) is 6.61 Å². The Labute approximate surface area is 167 Å². The van der Waals surface area contributed by atoms with Crippen LogP contribution >= 0.6 is 0 Å². The Morgan fingerprint density at radius 1 is 1.28 bits per heavy atom. The maximum absolute atomic E-state index is 12.2. The number of carbonyl (C=O) groups excluding carboxylic acids is 1. The van der Waals surface area contributed by atoms with Gasteiger partial charge >= 0.3 is 5.97 Å². The fourth-order valence-electron chi connectivity index (χ4n) is 3.42. The van der Waals surface area contributed by atoms with Crippen LogP contribution in [-0.2, 0) is 22.6 Å². The van der Waals surface area contributed by atoms with Crippen molar-refractivity contribution in [2.45, 2.75) is 39.4 Å². The van der Waals surface area contributed by atoms with Crippen LogP contribution in [0.1, 0.15) is 30.7 Å². The van der Waals surface area contributed by atoms with Gasteiger partial charge in [-0.05, 0) is 38.5 Å². The SMILES string of the molecule is Cc1cccn2c(=O)cc(COC(=O)COc3cccc4c3OC(C)(C)C4)nc12. The van der Waals surface area contributed by atoms with Gasteiger partial charge in [0.1, 0.15) is 17.9 Å². The van der Waals surface area contributed by atoms with Crippen LogP contribution in [0.2, 0.25) is 0 Å². The van der Waals surface area contributed by atoms with Gasteiger partial charge in [0.15, 0.2) is 18.1 Å². The van der Waals surface area contributed by atoms with Crippen molar-refractivity contribution in [3.8, 4) is 11.5 Å². The van der Waals surface area contributed by atoms with Crippen LogP contribution < -0.4 is 15.0 Å². The molecule has 1 aromatic carbocycles. The van der Waals surface area contributed by atoms with Crippen molar-refractivity contribution in [3.05, 3.63) is 69.8 Å². The highest BCUT2D eigenvalue weighted by Crippen LogP contribution is 2.41. The Kier molecular flexibility index (Phi) is 4.74. The average Bonchev–Trinajstić information content (AvgIpc) is 3.00. The summed E-state index contributed by atoms with van der Waals surface area (Å²) in [6.45, 7) is 5.52. The number of benzene rings is 1. The van der Waals surface area contributed by atoms with E-state index in [1.807, 2.05) is 39.0 Å². The van der Waals surface area contributed by atoms with Gasteiger partial charge in [0, 0.05) is 24.2 Å². The van der Waals surface area contributed by atoms with E-state index in [1.165, 1.54) is 10.5 Å². The third kappa shape index (κ3) is 3.94. The minimum atomic E-state index is -0.549. The summed E-state index contributed by atoms with van der Waals surface area (Å²) in [6.07, 6.45) is 2.44. The number of para-hydroxylation sites is 1. The standard InChI is InChI=1S/C22H22N2O5/c1-14-6-5-9-24-18(25)10-16(23-21(14)24)12-28-19(26)13-27-17-8-4-7-15-11-22(2,3)29-20(15)17/h4-10H,11-13H2,1-3H3. The molecule has 3 heterocycles. The molecule has 0 N–H and O–H groups in total. The molecule has 0 aliphatic carbocycles. The molecule has 1 aliphatic heterocycles.